The van der Waals surface area contributed by atoms with E-state index in [0.29, 0.717) is 32.7 Å². The van der Waals surface area contributed by atoms with Gasteiger partial charge in [0.1, 0.15) is 11.7 Å². The van der Waals surface area contributed by atoms with Crippen molar-refractivity contribution in [1.29, 1.82) is 0 Å². The molecule has 3 aliphatic heterocycles. The lowest BCUT2D eigenvalue weighted by atomic mass is 10.2. The quantitative estimate of drug-likeness (QED) is 0.565. The zero-order chi connectivity index (χ0) is 19.3. The van der Waals surface area contributed by atoms with Crippen LogP contribution in [0.25, 0.3) is 0 Å². The molecule has 2 atom stereocenters. The molecule has 4 aliphatic rings. The third kappa shape index (κ3) is 2.85. The number of quaternary nitrogens is 1. The molecular weight excluding hydrogens is 376 g/mol. The lowest BCUT2D eigenvalue weighted by Gasteiger charge is -2.24. The highest BCUT2D eigenvalue weighted by atomic mass is 19.1. The van der Waals surface area contributed by atoms with Crippen LogP contribution in [0, 0.1) is 11.6 Å². The highest BCUT2D eigenvalue weighted by Gasteiger charge is 2.68. The fourth-order valence-electron chi connectivity index (χ4n) is 3.93. The topological polar surface area (TPSA) is 98.3 Å². The molecule has 4 N–H and O–H groups in total. The number of carbonyl (C=O) groups excluding carboxylic acids is 1. The Kier molecular flexibility index (Phi) is 4.08. The summed E-state index contributed by atoms with van der Waals surface area (Å²) in [6, 6.07) is 2.29. The van der Waals surface area contributed by atoms with Gasteiger partial charge in [0, 0.05) is 38.2 Å². The summed E-state index contributed by atoms with van der Waals surface area (Å²) < 4.78 is 35.1. The molecule has 0 bridgehead atoms. The number of hydrogen-bond acceptors (Lipinski definition) is 8. The third-order valence-corrected chi connectivity index (χ3v) is 5.41. The molecule has 3 heterocycles. The van der Waals surface area contributed by atoms with Crippen molar-refractivity contribution in [3.63, 3.8) is 0 Å². The van der Waals surface area contributed by atoms with E-state index >= 15 is 0 Å². The van der Waals surface area contributed by atoms with E-state index in [1.165, 1.54) is 23.4 Å². The number of ether oxygens (including phenoxy) is 1. The maximum atomic E-state index is 14.8. The van der Waals surface area contributed by atoms with E-state index in [0.717, 1.165) is 0 Å². The Labute approximate surface area is 158 Å². The summed E-state index contributed by atoms with van der Waals surface area (Å²) in [6.45, 7) is 1.76. The first-order valence-electron chi connectivity index (χ1n) is 9.06. The number of nitrogens with one attached hydrogen (secondary N) is 2. The Morgan fingerprint density at radius 2 is 2.11 bits per heavy atom. The maximum Gasteiger partial charge on any atom is 0.415 e. The maximum absolute atomic E-state index is 14.8. The molecule has 0 radical (unpaired) electrons. The Bertz CT molecular complexity index is 801. The monoisotopic (exact) mass is 396 g/mol. The average molecular weight is 396 g/mol. The van der Waals surface area contributed by atoms with Gasteiger partial charge in [0.2, 0.25) is 0 Å². The number of anilines is 2. The highest BCUT2D eigenvalue weighted by molar-refractivity contribution is 5.91. The van der Waals surface area contributed by atoms with Gasteiger partial charge < -0.3 is 9.64 Å². The Hall–Kier alpha value is -2.54. The van der Waals surface area contributed by atoms with E-state index in [1.807, 2.05) is 0 Å². The SMILES string of the molecule is O=C1OC2(CC2N2NC=N[NH2+]2)CN1c1cc(F)c(N2CCNOCC2)c(F)c1. The van der Waals surface area contributed by atoms with Crippen LogP contribution in [0.3, 0.4) is 0 Å². The van der Waals surface area contributed by atoms with Crippen molar-refractivity contribution in [2.75, 3.05) is 42.6 Å². The van der Waals surface area contributed by atoms with E-state index in [2.05, 4.69) is 16.0 Å². The van der Waals surface area contributed by atoms with Crippen LogP contribution in [0.15, 0.2) is 17.2 Å². The molecule has 5 rings (SSSR count). The first-order valence-corrected chi connectivity index (χ1v) is 9.06. The molecule has 0 aromatic heterocycles. The summed E-state index contributed by atoms with van der Waals surface area (Å²) in [4.78, 5) is 20.4. The van der Waals surface area contributed by atoms with Gasteiger partial charge in [-0.15, -0.1) is 5.53 Å². The predicted molar refractivity (Wildman–Crippen MR) is 92.9 cm³/mol. The van der Waals surface area contributed by atoms with E-state index in [1.54, 1.807) is 15.6 Å². The number of benzene rings is 1. The molecule has 1 aromatic rings. The van der Waals surface area contributed by atoms with Crippen molar-refractivity contribution in [3.05, 3.63) is 23.8 Å². The van der Waals surface area contributed by atoms with E-state index in [-0.39, 0.29) is 24.0 Å². The number of halogens is 2. The molecule has 28 heavy (non-hydrogen) atoms. The van der Waals surface area contributed by atoms with Gasteiger partial charge >= 0.3 is 6.09 Å². The minimum atomic E-state index is -0.721. The van der Waals surface area contributed by atoms with Gasteiger partial charge in [0.15, 0.2) is 23.6 Å². The summed E-state index contributed by atoms with van der Waals surface area (Å²) in [7, 11) is 0. The van der Waals surface area contributed by atoms with E-state index in [4.69, 9.17) is 9.57 Å². The first-order chi connectivity index (χ1) is 13.6. The zero-order valence-electron chi connectivity index (χ0n) is 14.9. The number of carbonyl (C=O) groups is 1. The summed E-state index contributed by atoms with van der Waals surface area (Å²) in [6.07, 6.45) is 1.54. The number of amides is 1. The fourth-order valence-corrected chi connectivity index (χ4v) is 3.93. The molecular formula is C16H20F2N7O3+. The van der Waals surface area contributed by atoms with Crippen molar-refractivity contribution in [2.45, 2.75) is 18.1 Å². The van der Waals surface area contributed by atoms with Crippen LogP contribution in [0.1, 0.15) is 6.42 Å². The smallest absolute Gasteiger partial charge is 0.415 e. The molecule has 10 nitrogen and oxygen atoms in total. The van der Waals surface area contributed by atoms with Crippen LogP contribution < -0.4 is 26.2 Å². The van der Waals surface area contributed by atoms with Gasteiger partial charge in [-0.05, 0) is 5.12 Å². The minimum Gasteiger partial charge on any atom is -0.439 e. The second-order valence-corrected chi connectivity index (χ2v) is 7.16. The second-order valence-electron chi connectivity index (χ2n) is 7.16. The van der Waals surface area contributed by atoms with Gasteiger partial charge in [-0.1, -0.05) is 5.10 Å². The number of hydrogen-bond donors (Lipinski definition) is 3. The van der Waals surface area contributed by atoms with Gasteiger partial charge in [-0.25, -0.2) is 19.1 Å². The molecule has 150 valence electrons. The third-order valence-electron chi connectivity index (χ3n) is 5.41. The molecule has 3 fully saturated rings. The molecule has 1 aromatic carbocycles. The Morgan fingerprint density at radius 1 is 1.29 bits per heavy atom. The number of rotatable bonds is 3. The van der Waals surface area contributed by atoms with Crippen LogP contribution in [0.5, 0.6) is 0 Å². The Morgan fingerprint density at radius 3 is 2.86 bits per heavy atom. The molecule has 1 aliphatic carbocycles. The van der Waals surface area contributed by atoms with Gasteiger partial charge in [0.25, 0.3) is 0 Å². The average Bonchev–Trinajstić information content (AvgIpc) is 3.01. The van der Waals surface area contributed by atoms with Crippen LogP contribution >= 0.6 is 0 Å². The number of hydroxylamine groups is 1. The highest BCUT2D eigenvalue weighted by Crippen LogP contribution is 2.48. The van der Waals surface area contributed by atoms with Crippen molar-refractivity contribution >= 4 is 23.8 Å². The largest absolute Gasteiger partial charge is 0.439 e. The van der Waals surface area contributed by atoms with Gasteiger partial charge in [-0.2, -0.15) is 0 Å². The molecule has 2 saturated heterocycles. The van der Waals surface area contributed by atoms with Crippen LogP contribution in [0.2, 0.25) is 0 Å². The van der Waals surface area contributed by atoms with Crippen molar-refractivity contribution in [3.8, 4) is 0 Å². The molecule has 1 spiro atoms. The molecule has 2 unspecified atom stereocenters. The number of nitrogens with two attached hydrogens (primary N) is 1. The van der Waals surface area contributed by atoms with Gasteiger partial charge in [-0.3, -0.25) is 15.2 Å². The first kappa shape index (κ1) is 17.6. The standard InChI is InChI=1S/C16H19F2N7O3/c17-11-5-10(6-12(18)14(11)23-2-1-21-27-4-3-23)24-8-16(28-15(24)26)7-13(16)25-20-9-19-22-25/h5-6,9,13,21-22H,1-4,7-8H2,(H,19,20)/p+1. The fraction of sp³-hybridized carbons (Fsp3) is 0.500. The minimum absolute atomic E-state index is 0.0671. The van der Waals surface area contributed by atoms with Crippen molar-refractivity contribution in [1.82, 2.24) is 16.0 Å². The van der Waals surface area contributed by atoms with Crippen LogP contribution in [0.4, 0.5) is 25.0 Å². The summed E-state index contributed by atoms with van der Waals surface area (Å²) >= 11 is 0. The molecule has 1 saturated carbocycles. The van der Waals surface area contributed by atoms with Crippen molar-refractivity contribution in [2.24, 2.45) is 5.10 Å². The lowest BCUT2D eigenvalue weighted by molar-refractivity contribution is -0.812. The van der Waals surface area contributed by atoms with Crippen LogP contribution in [-0.4, -0.2) is 62.0 Å². The zero-order valence-corrected chi connectivity index (χ0v) is 14.9. The number of hydrazine groups is 1. The van der Waals surface area contributed by atoms with Crippen LogP contribution in [-0.2, 0) is 9.57 Å². The summed E-state index contributed by atoms with van der Waals surface area (Å²) in [5, 5.41) is 5.71. The van der Waals surface area contributed by atoms with E-state index < -0.39 is 23.3 Å². The van der Waals surface area contributed by atoms with Crippen molar-refractivity contribution < 1.29 is 28.7 Å². The second kappa shape index (κ2) is 6.51. The summed E-state index contributed by atoms with van der Waals surface area (Å²) in [5.41, 5.74) is 6.60. The van der Waals surface area contributed by atoms with Gasteiger partial charge in [0.05, 0.1) is 18.8 Å². The Balaban J connectivity index is 1.36. The summed E-state index contributed by atoms with van der Waals surface area (Å²) in [5.74, 6) is -1.44. The number of nitrogens with zero attached hydrogens (tertiary/aromatic N) is 4. The molecule has 12 heteroatoms. The molecule has 1 amide bonds. The predicted octanol–water partition coefficient (Wildman–Crippen LogP) is -0.984. The lowest BCUT2D eigenvalue weighted by Crippen LogP contribution is -2.89. The van der Waals surface area contributed by atoms with E-state index in [9.17, 15) is 13.6 Å². The normalized spacial score (nSPS) is 29.9.